The first kappa shape index (κ1) is 21.7. The summed E-state index contributed by atoms with van der Waals surface area (Å²) in [5.74, 6) is 0.251. The number of halogens is 1. The number of ketones is 1. The van der Waals surface area contributed by atoms with Gasteiger partial charge in [0.1, 0.15) is 0 Å². The van der Waals surface area contributed by atoms with Gasteiger partial charge in [0, 0.05) is 23.3 Å². The maximum absolute atomic E-state index is 13.0. The number of nitrogens with zero attached hydrogens (tertiary/aromatic N) is 1. The molecular weight excluding hydrogens is 366 g/mol. The normalized spacial score (nSPS) is 12.3. The number of Topliss-reactive ketones (excluding diaryl/α,β-unsaturated/α-hetero) is 1. The van der Waals surface area contributed by atoms with Crippen LogP contribution in [0.4, 0.5) is 0 Å². The molecule has 0 aromatic heterocycles. The average Bonchev–Trinajstić information content (AvgIpc) is 2.73. The van der Waals surface area contributed by atoms with Crippen LogP contribution in [0.15, 0.2) is 85.7 Å². The second kappa shape index (κ2) is 10.7. The average molecular weight is 394 g/mol. The van der Waals surface area contributed by atoms with Gasteiger partial charge < -0.3 is 4.90 Å². The van der Waals surface area contributed by atoms with Crippen molar-refractivity contribution in [2.24, 2.45) is 5.92 Å². The van der Waals surface area contributed by atoms with Crippen molar-refractivity contribution in [3.05, 3.63) is 102 Å². The summed E-state index contributed by atoms with van der Waals surface area (Å²) in [4.78, 5) is 14.9. The van der Waals surface area contributed by atoms with Gasteiger partial charge >= 0.3 is 0 Å². The Morgan fingerprint density at radius 2 is 1.75 bits per heavy atom. The van der Waals surface area contributed by atoms with E-state index in [0.717, 1.165) is 18.4 Å². The van der Waals surface area contributed by atoms with Crippen molar-refractivity contribution >= 4 is 23.0 Å². The Balaban J connectivity index is 2.40. The highest BCUT2D eigenvalue weighted by Gasteiger charge is 2.18. The van der Waals surface area contributed by atoms with Crippen LogP contribution in [0.2, 0.25) is 5.02 Å². The number of hydrogen-bond acceptors (Lipinski definition) is 2. The SMILES string of the molecule is C=CCCN(/C=C(/c1ccccc1)C(C)CC)C(=C)C(=O)c1ccc(Cl)cc1. The fourth-order valence-electron chi connectivity index (χ4n) is 2.91. The maximum Gasteiger partial charge on any atom is 0.208 e. The maximum atomic E-state index is 13.0. The number of carbonyl (C=O) groups excluding carboxylic acids is 1. The molecular formula is C25H28ClNO. The molecule has 0 aliphatic carbocycles. The molecule has 0 spiro atoms. The van der Waals surface area contributed by atoms with Gasteiger partial charge in [0.2, 0.25) is 5.78 Å². The molecule has 0 aliphatic heterocycles. The van der Waals surface area contributed by atoms with Crippen molar-refractivity contribution in [3.63, 3.8) is 0 Å². The molecule has 2 rings (SSSR count). The van der Waals surface area contributed by atoms with Crippen molar-refractivity contribution in [1.82, 2.24) is 4.90 Å². The largest absolute Gasteiger partial charge is 0.345 e. The third-order valence-corrected chi connectivity index (χ3v) is 5.09. The number of allylic oxidation sites excluding steroid dienone is 2. The van der Waals surface area contributed by atoms with Crippen LogP contribution in [-0.4, -0.2) is 17.2 Å². The smallest absolute Gasteiger partial charge is 0.208 e. The molecule has 2 aromatic rings. The van der Waals surface area contributed by atoms with Crippen LogP contribution in [0.25, 0.3) is 5.57 Å². The molecule has 0 saturated heterocycles. The fourth-order valence-corrected chi connectivity index (χ4v) is 3.04. The minimum atomic E-state index is -0.103. The molecule has 28 heavy (non-hydrogen) atoms. The lowest BCUT2D eigenvalue weighted by Crippen LogP contribution is -2.24. The van der Waals surface area contributed by atoms with E-state index in [1.165, 1.54) is 5.57 Å². The highest BCUT2D eigenvalue weighted by molar-refractivity contribution is 6.30. The van der Waals surface area contributed by atoms with Crippen molar-refractivity contribution in [3.8, 4) is 0 Å². The zero-order valence-electron chi connectivity index (χ0n) is 16.7. The van der Waals surface area contributed by atoms with E-state index in [0.29, 0.717) is 28.7 Å². The molecule has 0 saturated carbocycles. The first-order chi connectivity index (χ1) is 13.5. The molecule has 1 unspecified atom stereocenters. The van der Waals surface area contributed by atoms with Crippen LogP contribution in [-0.2, 0) is 0 Å². The van der Waals surface area contributed by atoms with Crippen LogP contribution in [0, 0.1) is 5.92 Å². The molecule has 0 amide bonds. The highest BCUT2D eigenvalue weighted by atomic mass is 35.5. The highest BCUT2D eigenvalue weighted by Crippen LogP contribution is 2.28. The molecule has 0 N–H and O–H groups in total. The van der Waals surface area contributed by atoms with Crippen molar-refractivity contribution in [1.29, 1.82) is 0 Å². The van der Waals surface area contributed by atoms with Crippen molar-refractivity contribution in [2.75, 3.05) is 6.54 Å². The molecule has 0 heterocycles. The van der Waals surface area contributed by atoms with E-state index in [4.69, 9.17) is 11.6 Å². The molecule has 0 radical (unpaired) electrons. The quantitative estimate of drug-likeness (QED) is 0.246. The van der Waals surface area contributed by atoms with Gasteiger partial charge in [-0.1, -0.05) is 68.4 Å². The third kappa shape index (κ3) is 5.71. The Bertz CT molecular complexity index is 837. The molecule has 3 heteroatoms. The van der Waals surface area contributed by atoms with E-state index in [1.807, 2.05) is 29.2 Å². The Morgan fingerprint density at radius 1 is 1.11 bits per heavy atom. The van der Waals surface area contributed by atoms with Crippen molar-refractivity contribution in [2.45, 2.75) is 26.7 Å². The van der Waals surface area contributed by atoms with Crippen LogP contribution in [0.5, 0.6) is 0 Å². The first-order valence-electron chi connectivity index (χ1n) is 9.61. The summed E-state index contributed by atoms with van der Waals surface area (Å²) in [7, 11) is 0. The summed E-state index contributed by atoms with van der Waals surface area (Å²) in [6, 6.07) is 17.2. The summed E-state index contributed by atoms with van der Waals surface area (Å²) >= 11 is 5.95. The van der Waals surface area contributed by atoms with Crippen LogP contribution < -0.4 is 0 Å². The summed E-state index contributed by atoms with van der Waals surface area (Å²) in [5, 5.41) is 0.605. The first-order valence-corrected chi connectivity index (χ1v) is 9.99. The van der Waals surface area contributed by atoms with Gasteiger partial charge in [-0.15, -0.1) is 6.58 Å². The number of hydrogen-bond donors (Lipinski definition) is 0. The van der Waals surface area contributed by atoms with E-state index in [1.54, 1.807) is 24.3 Å². The van der Waals surface area contributed by atoms with E-state index < -0.39 is 0 Å². The second-order valence-electron chi connectivity index (χ2n) is 6.81. The molecule has 0 fully saturated rings. The predicted molar refractivity (Wildman–Crippen MR) is 120 cm³/mol. The molecule has 0 bridgehead atoms. The van der Waals surface area contributed by atoms with Gasteiger partial charge in [-0.3, -0.25) is 4.79 Å². The van der Waals surface area contributed by atoms with E-state index in [2.05, 4.69) is 45.3 Å². The number of benzene rings is 2. The van der Waals surface area contributed by atoms with E-state index in [9.17, 15) is 4.79 Å². The Labute approximate surface area is 173 Å². The van der Waals surface area contributed by atoms with Gasteiger partial charge in [0.15, 0.2) is 0 Å². The molecule has 2 aromatic carbocycles. The molecule has 1 atom stereocenters. The Kier molecular flexibility index (Phi) is 8.28. The summed E-state index contributed by atoms with van der Waals surface area (Å²) < 4.78 is 0. The lowest BCUT2D eigenvalue weighted by Gasteiger charge is -2.25. The van der Waals surface area contributed by atoms with Crippen LogP contribution in [0.1, 0.15) is 42.6 Å². The van der Waals surface area contributed by atoms with E-state index in [-0.39, 0.29) is 5.78 Å². The Hall–Kier alpha value is -2.58. The minimum Gasteiger partial charge on any atom is -0.345 e. The van der Waals surface area contributed by atoms with Crippen LogP contribution in [0.3, 0.4) is 0 Å². The summed E-state index contributed by atoms with van der Waals surface area (Å²) in [6.07, 6.45) is 5.69. The molecule has 2 nitrogen and oxygen atoms in total. The van der Waals surface area contributed by atoms with Gasteiger partial charge in [-0.05, 0) is 54.2 Å². The van der Waals surface area contributed by atoms with Gasteiger partial charge in [-0.2, -0.15) is 0 Å². The fraction of sp³-hybridized carbons (Fsp3) is 0.240. The number of rotatable bonds is 10. The van der Waals surface area contributed by atoms with E-state index >= 15 is 0 Å². The summed E-state index contributed by atoms with van der Waals surface area (Å²) in [6.45, 7) is 12.9. The van der Waals surface area contributed by atoms with Crippen molar-refractivity contribution < 1.29 is 4.79 Å². The van der Waals surface area contributed by atoms with Gasteiger partial charge in [-0.25, -0.2) is 0 Å². The lowest BCUT2D eigenvalue weighted by molar-refractivity contribution is 0.100. The standard InChI is InChI=1S/C25H28ClNO/c1-5-7-17-27(20(4)25(28)22-13-15-23(26)16-14-22)18-24(19(3)6-2)21-11-9-8-10-12-21/h5,8-16,18-19H,1,4,6-7,17H2,2-3H3/b24-18+. The monoisotopic (exact) mass is 393 g/mol. The van der Waals surface area contributed by atoms with Gasteiger partial charge in [0.25, 0.3) is 0 Å². The molecule has 0 aliphatic rings. The summed E-state index contributed by atoms with van der Waals surface area (Å²) in [5.41, 5.74) is 3.38. The third-order valence-electron chi connectivity index (χ3n) is 4.83. The zero-order chi connectivity index (χ0) is 20.5. The topological polar surface area (TPSA) is 20.3 Å². The number of carbonyl (C=O) groups is 1. The predicted octanol–water partition coefficient (Wildman–Crippen LogP) is 7.00. The van der Waals surface area contributed by atoms with Gasteiger partial charge in [0.05, 0.1) is 5.70 Å². The Morgan fingerprint density at radius 3 is 2.32 bits per heavy atom. The second-order valence-corrected chi connectivity index (χ2v) is 7.25. The zero-order valence-corrected chi connectivity index (χ0v) is 17.5. The molecule has 146 valence electrons. The lowest BCUT2D eigenvalue weighted by atomic mass is 9.92. The minimum absolute atomic E-state index is 0.103. The van der Waals surface area contributed by atoms with Crippen LogP contribution >= 0.6 is 11.6 Å².